The van der Waals surface area contributed by atoms with Crippen molar-refractivity contribution in [1.29, 1.82) is 0 Å². The minimum absolute atomic E-state index is 1.14. The van der Waals surface area contributed by atoms with Crippen molar-refractivity contribution in [2.75, 3.05) is 13.1 Å². The van der Waals surface area contributed by atoms with E-state index >= 15 is 0 Å². The van der Waals surface area contributed by atoms with Crippen LogP contribution in [0.15, 0.2) is 0 Å². The van der Waals surface area contributed by atoms with Gasteiger partial charge in [0.25, 0.3) is 0 Å². The third kappa shape index (κ3) is 4.08. The molecule has 0 atom stereocenters. The van der Waals surface area contributed by atoms with Crippen LogP contribution in [0.25, 0.3) is 0 Å². The van der Waals surface area contributed by atoms with Gasteiger partial charge in [-0.05, 0) is 32.1 Å². The summed E-state index contributed by atoms with van der Waals surface area (Å²) >= 11 is 5.41. The second-order valence-electron chi connectivity index (χ2n) is 3.90. The van der Waals surface area contributed by atoms with Gasteiger partial charge in [-0.2, -0.15) is 0 Å². The number of piperidine rings is 1. The Morgan fingerprint density at radius 2 is 1.85 bits per heavy atom. The maximum atomic E-state index is 5.41. The summed E-state index contributed by atoms with van der Waals surface area (Å²) in [7, 11) is 0. The van der Waals surface area contributed by atoms with Crippen LogP contribution in [0, 0.1) is 0 Å². The van der Waals surface area contributed by atoms with Gasteiger partial charge in [-0.15, -0.1) is 0 Å². The van der Waals surface area contributed by atoms with Crippen LogP contribution in [0.3, 0.4) is 0 Å². The Labute approximate surface area is 87.5 Å². The zero-order valence-corrected chi connectivity index (χ0v) is 9.54. The van der Waals surface area contributed by atoms with Gasteiger partial charge in [-0.25, -0.2) is 0 Å². The van der Waals surface area contributed by atoms with E-state index in [4.69, 9.17) is 12.2 Å². The molecular weight excluding hydrogens is 178 g/mol. The van der Waals surface area contributed by atoms with E-state index < -0.39 is 0 Å². The topological polar surface area (TPSA) is 3.24 Å². The molecule has 0 aromatic carbocycles. The first-order valence-electron chi connectivity index (χ1n) is 5.62. The van der Waals surface area contributed by atoms with Crippen LogP contribution in [-0.2, 0) is 0 Å². The predicted octanol–water partition coefficient (Wildman–Crippen LogP) is 3.38. The maximum Gasteiger partial charge on any atom is 0.0779 e. The molecule has 0 aromatic heterocycles. The zero-order chi connectivity index (χ0) is 9.52. The molecule has 0 aromatic rings. The minimum atomic E-state index is 1.14. The Morgan fingerprint density at radius 1 is 1.15 bits per heavy atom. The molecule has 1 fully saturated rings. The van der Waals surface area contributed by atoms with Crippen molar-refractivity contribution >= 4 is 17.2 Å². The maximum absolute atomic E-state index is 5.41. The van der Waals surface area contributed by atoms with E-state index in [1.165, 1.54) is 56.6 Å². The SMILES string of the molecule is CCCCCC(=S)N1CCCCC1. The van der Waals surface area contributed by atoms with Crippen molar-refractivity contribution in [3.63, 3.8) is 0 Å². The molecule has 0 spiro atoms. The Bertz CT molecular complexity index is 150. The highest BCUT2D eigenvalue weighted by Gasteiger charge is 2.12. The summed E-state index contributed by atoms with van der Waals surface area (Å²) in [6, 6.07) is 0. The van der Waals surface area contributed by atoms with Crippen molar-refractivity contribution in [2.24, 2.45) is 0 Å². The zero-order valence-electron chi connectivity index (χ0n) is 8.72. The number of hydrogen-bond donors (Lipinski definition) is 0. The van der Waals surface area contributed by atoms with Crippen LogP contribution in [-0.4, -0.2) is 23.0 Å². The van der Waals surface area contributed by atoms with Crippen LogP contribution in [0.2, 0.25) is 0 Å². The summed E-state index contributed by atoms with van der Waals surface area (Å²) in [5, 5.41) is 0. The summed E-state index contributed by atoms with van der Waals surface area (Å²) in [6.07, 6.45) is 9.13. The van der Waals surface area contributed by atoms with Crippen LogP contribution < -0.4 is 0 Å². The lowest BCUT2D eigenvalue weighted by Gasteiger charge is -2.29. The predicted molar refractivity (Wildman–Crippen MR) is 62.2 cm³/mol. The van der Waals surface area contributed by atoms with Gasteiger partial charge in [0.05, 0.1) is 4.99 Å². The second-order valence-corrected chi connectivity index (χ2v) is 4.37. The van der Waals surface area contributed by atoms with Gasteiger partial charge in [0.2, 0.25) is 0 Å². The summed E-state index contributed by atoms with van der Waals surface area (Å²) in [6.45, 7) is 4.67. The lowest BCUT2D eigenvalue weighted by molar-refractivity contribution is 0.341. The normalized spacial score (nSPS) is 17.5. The van der Waals surface area contributed by atoms with Gasteiger partial charge in [0, 0.05) is 13.1 Å². The van der Waals surface area contributed by atoms with E-state index in [0.717, 1.165) is 6.42 Å². The molecule has 0 unspecified atom stereocenters. The average molecular weight is 199 g/mol. The van der Waals surface area contributed by atoms with Gasteiger partial charge in [0.15, 0.2) is 0 Å². The molecule has 1 rings (SSSR count). The van der Waals surface area contributed by atoms with Crippen molar-refractivity contribution in [1.82, 2.24) is 4.90 Å². The van der Waals surface area contributed by atoms with E-state index in [2.05, 4.69) is 11.8 Å². The summed E-state index contributed by atoms with van der Waals surface area (Å²) in [4.78, 5) is 3.63. The quantitative estimate of drug-likeness (QED) is 0.504. The molecule has 0 amide bonds. The lowest BCUT2D eigenvalue weighted by Crippen LogP contribution is -2.34. The van der Waals surface area contributed by atoms with Crippen molar-refractivity contribution in [2.45, 2.75) is 51.9 Å². The summed E-state index contributed by atoms with van der Waals surface area (Å²) < 4.78 is 0. The Hall–Kier alpha value is -0.110. The minimum Gasteiger partial charge on any atom is -0.366 e. The van der Waals surface area contributed by atoms with Gasteiger partial charge in [-0.3, -0.25) is 0 Å². The molecule has 1 saturated heterocycles. The molecule has 13 heavy (non-hydrogen) atoms. The summed E-state index contributed by atoms with van der Waals surface area (Å²) in [5.74, 6) is 0. The molecule has 0 radical (unpaired) electrons. The smallest absolute Gasteiger partial charge is 0.0779 e. The fraction of sp³-hybridized carbons (Fsp3) is 0.909. The number of thiocarbonyl (C=S) groups is 1. The second kappa shape index (κ2) is 6.36. The number of likely N-dealkylation sites (tertiary alicyclic amines) is 1. The average Bonchev–Trinajstić information content (AvgIpc) is 2.19. The van der Waals surface area contributed by atoms with Crippen LogP contribution in [0.1, 0.15) is 51.9 Å². The molecule has 1 aliphatic heterocycles. The van der Waals surface area contributed by atoms with E-state index in [-0.39, 0.29) is 0 Å². The van der Waals surface area contributed by atoms with Crippen molar-refractivity contribution in [3.8, 4) is 0 Å². The van der Waals surface area contributed by atoms with Crippen molar-refractivity contribution in [3.05, 3.63) is 0 Å². The highest BCUT2D eigenvalue weighted by Crippen LogP contribution is 2.12. The Kier molecular flexibility index (Phi) is 5.37. The highest BCUT2D eigenvalue weighted by atomic mass is 32.1. The fourth-order valence-corrected chi connectivity index (χ4v) is 2.15. The monoisotopic (exact) mass is 199 g/mol. The van der Waals surface area contributed by atoms with Gasteiger partial charge in [0.1, 0.15) is 0 Å². The van der Waals surface area contributed by atoms with E-state index in [1.807, 2.05) is 0 Å². The van der Waals surface area contributed by atoms with Crippen LogP contribution >= 0.6 is 12.2 Å². The van der Waals surface area contributed by atoms with Gasteiger partial charge in [-0.1, -0.05) is 32.0 Å². The largest absolute Gasteiger partial charge is 0.366 e. The van der Waals surface area contributed by atoms with E-state index in [1.54, 1.807) is 0 Å². The summed E-state index contributed by atoms with van der Waals surface area (Å²) in [5.41, 5.74) is 0. The molecule has 0 bridgehead atoms. The number of hydrogen-bond acceptors (Lipinski definition) is 1. The van der Waals surface area contributed by atoms with Gasteiger partial charge >= 0.3 is 0 Å². The highest BCUT2D eigenvalue weighted by molar-refractivity contribution is 7.80. The van der Waals surface area contributed by atoms with E-state index in [0.29, 0.717) is 0 Å². The molecule has 0 saturated carbocycles. The standard InChI is InChI=1S/C11H21NS/c1-2-3-5-8-11(13)12-9-6-4-7-10-12/h2-10H2,1H3. The van der Waals surface area contributed by atoms with Crippen molar-refractivity contribution < 1.29 is 0 Å². The molecular formula is C11H21NS. The number of nitrogens with zero attached hydrogens (tertiary/aromatic N) is 1. The third-order valence-corrected chi connectivity index (χ3v) is 3.17. The van der Waals surface area contributed by atoms with Gasteiger partial charge < -0.3 is 4.90 Å². The molecule has 0 N–H and O–H groups in total. The van der Waals surface area contributed by atoms with E-state index in [9.17, 15) is 0 Å². The third-order valence-electron chi connectivity index (χ3n) is 2.70. The van der Waals surface area contributed by atoms with Crippen LogP contribution in [0.4, 0.5) is 0 Å². The van der Waals surface area contributed by atoms with Crippen LogP contribution in [0.5, 0.6) is 0 Å². The number of rotatable bonds is 4. The lowest BCUT2D eigenvalue weighted by atomic mass is 10.1. The first-order chi connectivity index (χ1) is 6.34. The Balaban J connectivity index is 2.13. The molecule has 2 heteroatoms. The molecule has 1 heterocycles. The molecule has 76 valence electrons. The number of unbranched alkanes of at least 4 members (excludes halogenated alkanes) is 2. The first-order valence-corrected chi connectivity index (χ1v) is 6.03. The fourth-order valence-electron chi connectivity index (χ4n) is 1.83. The molecule has 0 aliphatic carbocycles. The molecule has 1 nitrogen and oxygen atoms in total. The molecule has 1 aliphatic rings. The Morgan fingerprint density at radius 3 is 2.46 bits per heavy atom. The first kappa shape index (κ1) is 11.0.